The first-order valence-corrected chi connectivity index (χ1v) is 10.8. The van der Waals surface area contributed by atoms with Crippen LogP contribution in [0.3, 0.4) is 0 Å². The molecule has 0 bridgehead atoms. The molecule has 0 aromatic heterocycles. The quantitative estimate of drug-likeness (QED) is 0.538. The van der Waals surface area contributed by atoms with E-state index in [1.165, 1.54) is 6.07 Å². The maximum atomic E-state index is 12.8. The maximum absolute atomic E-state index is 12.8. The van der Waals surface area contributed by atoms with E-state index >= 15 is 0 Å². The summed E-state index contributed by atoms with van der Waals surface area (Å²) >= 11 is 6.17. The standard InChI is InChI=1S/C22H25ClN4O4/c23-19-6-2-1-5-18(19)22(28)26-11-9-25(10-12-26)16-7-8-21(27(29)30)20(14-16)24-15-17-4-3-13-31-17/h1-2,5-8,14,17,24H,3-4,9-13,15H2/t17-/m1/s1. The van der Waals surface area contributed by atoms with E-state index in [-0.39, 0.29) is 22.6 Å². The van der Waals surface area contributed by atoms with Crippen molar-refractivity contribution >= 4 is 34.6 Å². The number of nitrogens with zero attached hydrogens (tertiary/aromatic N) is 3. The van der Waals surface area contributed by atoms with E-state index in [1.54, 1.807) is 35.2 Å². The Morgan fingerprint density at radius 3 is 2.65 bits per heavy atom. The number of amides is 1. The molecule has 1 N–H and O–H groups in total. The molecule has 1 amide bonds. The molecule has 2 aromatic carbocycles. The van der Waals surface area contributed by atoms with Crippen LogP contribution in [0, 0.1) is 10.1 Å². The molecule has 2 heterocycles. The van der Waals surface area contributed by atoms with Crippen LogP contribution in [0.25, 0.3) is 0 Å². The third-order valence-electron chi connectivity index (χ3n) is 5.76. The number of carbonyl (C=O) groups excluding carboxylic acids is 1. The van der Waals surface area contributed by atoms with E-state index in [2.05, 4.69) is 10.2 Å². The second kappa shape index (κ2) is 9.53. The van der Waals surface area contributed by atoms with Crippen molar-refractivity contribution < 1.29 is 14.5 Å². The van der Waals surface area contributed by atoms with Crippen molar-refractivity contribution in [3.05, 3.63) is 63.2 Å². The lowest BCUT2D eigenvalue weighted by molar-refractivity contribution is -0.383. The minimum Gasteiger partial charge on any atom is -0.377 e. The van der Waals surface area contributed by atoms with E-state index in [0.717, 1.165) is 25.1 Å². The van der Waals surface area contributed by atoms with E-state index in [9.17, 15) is 14.9 Å². The van der Waals surface area contributed by atoms with Gasteiger partial charge in [-0.05, 0) is 37.1 Å². The van der Waals surface area contributed by atoms with Crippen molar-refractivity contribution in [3.8, 4) is 0 Å². The first-order valence-electron chi connectivity index (χ1n) is 10.5. The minimum atomic E-state index is -0.373. The van der Waals surface area contributed by atoms with Gasteiger partial charge < -0.3 is 19.9 Å². The highest BCUT2D eigenvalue weighted by Crippen LogP contribution is 2.31. The summed E-state index contributed by atoms with van der Waals surface area (Å²) in [6.07, 6.45) is 2.07. The lowest BCUT2D eigenvalue weighted by atomic mass is 10.1. The number of nitrogens with one attached hydrogen (secondary N) is 1. The van der Waals surface area contributed by atoms with Gasteiger partial charge >= 0.3 is 0 Å². The number of carbonyl (C=O) groups is 1. The molecule has 2 saturated heterocycles. The number of piperazine rings is 1. The third-order valence-corrected chi connectivity index (χ3v) is 6.09. The van der Waals surface area contributed by atoms with Gasteiger partial charge in [0.15, 0.2) is 0 Å². The number of hydrogen-bond acceptors (Lipinski definition) is 6. The highest BCUT2D eigenvalue weighted by molar-refractivity contribution is 6.33. The summed E-state index contributed by atoms with van der Waals surface area (Å²) in [5, 5.41) is 15.1. The fraction of sp³-hybridized carbons (Fsp3) is 0.409. The van der Waals surface area contributed by atoms with E-state index in [0.29, 0.717) is 49.0 Å². The summed E-state index contributed by atoms with van der Waals surface area (Å²) in [5.41, 5.74) is 1.95. The van der Waals surface area contributed by atoms with Gasteiger partial charge in [0, 0.05) is 51.1 Å². The van der Waals surface area contributed by atoms with Crippen LogP contribution in [-0.4, -0.2) is 61.2 Å². The zero-order valence-electron chi connectivity index (χ0n) is 17.1. The van der Waals surface area contributed by atoms with Crippen molar-refractivity contribution in [2.24, 2.45) is 0 Å². The summed E-state index contributed by atoms with van der Waals surface area (Å²) in [6, 6.07) is 12.2. The van der Waals surface area contributed by atoms with Gasteiger partial charge in [-0.25, -0.2) is 0 Å². The molecule has 31 heavy (non-hydrogen) atoms. The molecular formula is C22H25ClN4O4. The van der Waals surface area contributed by atoms with E-state index in [4.69, 9.17) is 16.3 Å². The Kier molecular flexibility index (Phi) is 6.58. The zero-order chi connectivity index (χ0) is 21.8. The Bertz CT molecular complexity index is 956. The van der Waals surface area contributed by atoms with Crippen LogP contribution in [0.2, 0.25) is 5.02 Å². The molecule has 0 aliphatic carbocycles. The molecule has 164 valence electrons. The molecule has 0 radical (unpaired) electrons. The molecule has 2 aromatic rings. The third kappa shape index (κ3) is 4.91. The van der Waals surface area contributed by atoms with Crippen molar-refractivity contribution in [2.45, 2.75) is 18.9 Å². The van der Waals surface area contributed by atoms with E-state index < -0.39 is 0 Å². The van der Waals surface area contributed by atoms with Crippen molar-refractivity contribution in [3.63, 3.8) is 0 Å². The average Bonchev–Trinajstić information content (AvgIpc) is 3.31. The summed E-state index contributed by atoms with van der Waals surface area (Å²) in [5.74, 6) is -0.0760. The second-order valence-electron chi connectivity index (χ2n) is 7.73. The Morgan fingerprint density at radius 1 is 1.19 bits per heavy atom. The molecule has 2 aliphatic heterocycles. The van der Waals surface area contributed by atoms with Crippen LogP contribution in [0.15, 0.2) is 42.5 Å². The summed E-state index contributed by atoms with van der Waals surface area (Å²) in [4.78, 5) is 27.8. The highest BCUT2D eigenvalue weighted by atomic mass is 35.5. The number of nitro benzene ring substituents is 1. The van der Waals surface area contributed by atoms with Crippen LogP contribution >= 0.6 is 11.6 Å². The summed E-state index contributed by atoms with van der Waals surface area (Å²) in [7, 11) is 0. The van der Waals surface area contributed by atoms with Gasteiger partial charge in [-0.1, -0.05) is 23.7 Å². The molecule has 4 rings (SSSR count). The zero-order valence-corrected chi connectivity index (χ0v) is 17.9. The van der Waals surface area contributed by atoms with Gasteiger partial charge in [0.2, 0.25) is 0 Å². The molecular weight excluding hydrogens is 420 g/mol. The largest absolute Gasteiger partial charge is 0.377 e. The molecule has 0 saturated carbocycles. The molecule has 9 heteroatoms. The summed E-state index contributed by atoms with van der Waals surface area (Å²) in [6.45, 7) is 3.67. The SMILES string of the molecule is O=C(c1ccccc1Cl)N1CCN(c2ccc([N+](=O)[O-])c(NC[C@H]3CCCO3)c2)CC1. The van der Waals surface area contributed by atoms with Crippen LogP contribution in [0.1, 0.15) is 23.2 Å². The van der Waals surface area contributed by atoms with Crippen molar-refractivity contribution in [2.75, 3.05) is 49.5 Å². The predicted molar refractivity (Wildman–Crippen MR) is 120 cm³/mol. The van der Waals surface area contributed by atoms with Gasteiger partial charge in [0.25, 0.3) is 11.6 Å². The number of nitro groups is 1. The van der Waals surface area contributed by atoms with E-state index in [1.807, 2.05) is 6.07 Å². The van der Waals surface area contributed by atoms with Crippen LogP contribution in [0.5, 0.6) is 0 Å². The van der Waals surface area contributed by atoms with Crippen molar-refractivity contribution in [1.29, 1.82) is 0 Å². The normalized spacial score (nSPS) is 18.8. The predicted octanol–water partition coefficient (Wildman–Crippen LogP) is 3.80. The number of benzene rings is 2. The first kappa shape index (κ1) is 21.4. The smallest absolute Gasteiger partial charge is 0.292 e. The Labute approximate surface area is 185 Å². The number of hydrogen-bond donors (Lipinski definition) is 1. The Hall–Kier alpha value is -2.84. The van der Waals surface area contributed by atoms with Crippen LogP contribution < -0.4 is 10.2 Å². The Morgan fingerprint density at radius 2 is 1.97 bits per heavy atom. The first-order chi connectivity index (χ1) is 15.0. The molecule has 2 fully saturated rings. The topological polar surface area (TPSA) is 88.0 Å². The monoisotopic (exact) mass is 444 g/mol. The molecule has 1 atom stereocenters. The van der Waals surface area contributed by atoms with Gasteiger partial charge in [0.1, 0.15) is 5.69 Å². The summed E-state index contributed by atoms with van der Waals surface area (Å²) < 4.78 is 5.61. The van der Waals surface area contributed by atoms with Gasteiger partial charge in [-0.2, -0.15) is 0 Å². The molecule has 0 spiro atoms. The Balaban J connectivity index is 1.42. The number of halogens is 1. The molecule has 8 nitrogen and oxygen atoms in total. The van der Waals surface area contributed by atoms with Crippen LogP contribution in [0.4, 0.5) is 17.1 Å². The van der Waals surface area contributed by atoms with Gasteiger partial charge in [-0.15, -0.1) is 0 Å². The van der Waals surface area contributed by atoms with Crippen molar-refractivity contribution in [1.82, 2.24) is 4.90 Å². The number of anilines is 2. The minimum absolute atomic E-state index is 0.0503. The molecule has 2 aliphatic rings. The average molecular weight is 445 g/mol. The lowest BCUT2D eigenvalue weighted by Gasteiger charge is -2.36. The van der Waals surface area contributed by atoms with Gasteiger partial charge in [0.05, 0.1) is 21.6 Å². The van der Waals surface area contributed by atoms with Gasteiger partial charge in [-0.3, -0.25) is 14.9 Å². The van der Waals surface area contributed by atoms with Crippen LogP contribution in [-0.2, 0) is 4.74 Å². The maximum Gasteiger partial charge on any atom is 0.292 e. The second-order valence-corrected chi connectivity index (χ2v) is 8.14. The fourth-order valence-corrected chi connectivity index (χ4v) is 4.24. The number of rotatable bonds is 6. The lowest BCUT2D eigenvalue weighted by Crippen LogP contribution is -2.48. The fourth-order valence-electron chi connectivity index (χ4n) is 4.02. The molecule has 0 unspecified atom stereocenters. The number of ether oxygens (including phenoxy) is 1. The highest BCUT2D eigenvalue weighted by Gasteiger charge is 2.25.